The number of nitrogens with one attached hydrogen (secondary N) is 2. The first-order valence-corrected chi connectivity index (χ1v) is 10.5. The number of carbonyl (C=O) groups excluding carboxylic acids is 1. The fraction of sp³-hybridized carbons (Fsp3) is 0.154. The lowest BCUT2D eigenvalue weighted by atomic mass is 10.1. The normalized spacial score (nSPS) is 10.8. The molecule has 0 radical (unpaired) electrons. The highest BCUT2D eigenvalue weighted by Crippen LogP contribution is 2.24. The van der Waals surface area contributed by atoms with Gasteiger partial charge in [-0.25, -0.2) is 9.18 Å². The molecule has 2 amide bonds. The van der Waals surface area contributed by atoms with E-state index in [-0.39, 0.29) is 24.5 Å². The van der Waals surface area contributed by atoms with Gasteiger partial charge in [-0.15, -0.1) is 0 Å². The van der Waals surface area contributed by atoms with E-state index in [0.29, 0.717) is 17.0 Å². The van der Waals surface area contributed by atoms with Gasteiger partial charge in [-0.1, -0.05) is 36.4 Å². The average Bonchev–Trinajstić information content (AvgIpc) is 2.81. The van der Waals surface area contributed by atoms with Crippen molar-refractivity contribution in [1.82, 2.24) is 9.88 Å². The number of fused-ring (bicyclic) bond motifs is 1. The number of aromatic amines is 1. The minimum atomic E-state index is -0.410. The Morgan fingerprint density at radius 2 is 1.79 bits per heavy atom. The summed E-state index contributed by atoms with van der Waals surface area (Å²) in [6.07, 6.45) is 0. The van der Waals surface area contributed by atoms with Gasteiger partial charge >= 0.3 is 6.03 Å². The lowest BCUT2D eigenvalue weighted by Gasteiger charge is -2.24. The molecule has 0 aliphatic rings. The largest absolute Gasteiger partial charge is 0.495 e. The number of H-pyrrole nitrogens is 1. The lowest BCUT2D eigenvalue weighted by Crippen LogP contribution is -2.35. The number of para-hydroxylation sites is 2. The fourth-order valence-corrected chi connectivity index (χ4v) is 3.64. The van der Waals surface area contributed by atoms with Gasteiger partial charge in [0.2, 0.25) is 0 Å². The van der Waals surface area contributed by atoms with Crippen LogP contribution in [0.2, 0.25) is 0 Å². The zero-order chi connectivity index (χ0) is 23.4. The van der Waals surface area contributed by atoms with E-state index >= 15 is 0 Å². The monoisotopic (exact) mass is 445 g/mol. The molecule has 33 heavy (non-hydrogen) atoms. The number of rotatable bonds is 6. The van der Waals surface area contributed by atoms with E-state index < -0.39 is 6.03 Å². The third kappa shape index (κ3) is 5.20. The third-order valence-electron chi connectivity index (χ3n) is 5.36. The maximum Gasteiger partial charge on any atom is 0.322 e. The van der Waals surface area contributed by atoms with Gasteiger partial charge in [-0.05, 0) is 59.8 Å². The van der Waals surface area contributed by atoms with Crippen LogP contribution in [0.1, 0.15) is 16.7 Å². The second kappa shape index (κ2) is 9.56. The number of carbonyl (C=O) groups is 1. The average molecular weight is 445 g/mol. The van der Waals surface area contributed by atoms with Crippen LogP contribution in [-0.4, -0.2) is 23.0 Å². The highest BCUT2D eigenvalue weighted by atomic mass is 19.1. The number of hydrogen-bond acceptors (Lipinski definition) is 3. The van der Waals surface area contributed by atoms with Gasteiger partial charge in [-0.2, -0.15) is 0 Å². The quantitative estimate of drug-likeness (QED) is 0.427. The molecule has 7 heteroatoms. The number of anilines is 1. The van der Waals surface area contributed by atoms with E-state index in [0.717, 1.165) is 22.0 Å². The van der Waals surface area contributed by atoms with Crippen LogP contribution in [0.4, 0.5) is 14.9 Å². The van der Waals surface area contributed by atoms with Gasteiger partial charge in [0.15, 0.2) is 0 Å². The SMILES string of the molecule is COc1ccccc1NC(=O)N(Cc1ccc(F)cc1)Cc1cc2ccc(C)cc2[nH]c1=O. The highest BCUT2D eigenvalue weighted by molar-refractivity contribution is 5.91. The number of aryl methyl sites for hydroxylation is 1. The lowest BCUT2D eigenvalue weighted by molar-refractivity contribution is 0.206. The van der Waals surface area contributed by atoms with Crippen LogP contribution in [0.15, 0.2) is 77.6 Å². The molecule has 0 saturated heterocycles. The van der Waals surface area contributed by atoms with Gasteiger partial charge in [0, 0.05) is 17.6 Å². The van der Waals surface area contributed by atoms with Crippen molar-refractivity contribution in [2.24, 2.45) is 0 Å². The number of methoxy groups -OCH3 is 1. The number of pyridine rings is 1. The zero-order valence-electron chi connectivity index (χ0n) is 18.4. The Balaban J connectivity index is 1.66. The van der Waals surface area contributed by atoms with Crippen LogP contribution in [-0.2, 0) is 13.1 Å². The molecule has 0 aliphatic carbocycles. The van der Waals surface area contributed by atoms with Crippen LogP contribution in [0.5, 0.6) is 5.75 Å². The second-order valence-corrected chi connectivity index (χ2v) is 7.83. The Labute approximate surface area is 190 Å². The maximum absolute atomic E-state index is 13.4. The summed E-state index contributed by atoms with van der Waals surface area (Å²) in [5, 5.41) is 3.73. The zero-order valence-corrected chi connectivity index (χ0v) is 18.4. The van der Waals surface area contributed by atoms with Crippen molar-refractivity contribution in [1.29, 1.82) is 0 Å². The Morgan fingerprint density at radius 3 is 2.55 bits per heavy atom. The molecule has 0 spiro atoms. The number of amides is 2. The van der Waals surface area contributed by atoms with Gasteiger partial charge in [-0.3, -0.25) is 4.79 Å². The minimum absolute atomic E-state index is 0.0670. The molecule has 0 atom stereocenters. The Hall–Kier alpha value is -4.13. The highest BCUT2D eigenvalue weighted by Gasteiger charge is 2.18. The topological polar surface area (TPSA) is 74.4 Å². The first-order valence-electron chi connectivity index (χ1n) is 10.5. The molecule has 2 N–H and O–H groups in total. The predicted molar refractivity (Wildman–Crippen MR) is 127 cm³/mol. The van der Waals surface area contributed by atoms with Crippen molar-refractivity contribution in [2.45, 2.75) is 20.0 Å². The summed E-state index contributed by atoms with van der Waals surface area (Å²) in [6.45, 7) is 2.21. The number of nitrogens with zero attached hydrogens (tertiary/aromatic N) is 1. The van der Waals surface area contributed by atoms with Crippen molar-refractivity contribution in [3.8, 4) is 5.75 Å². The Kier molecular flexibility index (Phi) is 6.40. The van der Waals surface area contributed by atoms with Crippen LogP contribution in [0, 0.1) is 12.7 Å². The number of aromatic nitrogens is 1. The van der Waals surface area contributed by atoms with E-state index in [4.69, 9.17) is 4.74 Å². The number of urea groups is 1. The van der Waals surface area contributed by atoms with Crippen LogP contribution < -0.4 is 15.6 Å². The van der Waals surface area contributed by atoms with Crippen LogP contribution in [0.25, 0.3) is 10.9 Å². The summed E-state index contributed by atoms with van der Waals surface area (Å²) >= 11 is 0. The van der Waals surface area contributed by atoms with E-state index in [1.54, 1.807) is 42.5 Å². The third-order valence-corrected chi connectivity index (χ3v) is 5.36. The smallest absolute Gasteiger partial charge is 0.322 e. The van der Waals surface area contributed by atoms with E-state index in [1.165, 1.54) is 24.1 Å². The molecule has 4 rings (SSSR count). The number of ether oxygens (including phenoxy) is 1. The number of halogens is 1. The van der Waals surface area contributed by atoms with E-state index in [1.807, 2.05) is 25.1 Å². The van der Waals surface area contributed by atoms with Crippen molar-refractivity contribution >= 4 is 22.6 Å². The fourth-order valence-electron chi connectivity index (χ4n) is 3.64. The summed E-state index contributed by atoms with van der Waals surface area (Å²) < 4.78 is 18.7. The summed E-state index contributed by atoms with van der Waals surface area (Å²) in [7, 11) is 1.53. The first kappa shape index (κ1) is 22.1. The van der Waals surface area contributed by atoms with Gasteiger partial charge in [0.1, 0.15) is 11.6 Å². The molecule has 0 bridgehead atoms. The van der Waals surface area contributed by atoms with Crippen LogP contribution in [0.3, 0.4) is 0 Å². The minimum Gasteiger partial charge on any atom is -0.495 e. The first-order chi connectivity index (χ1) is 15.9. The van der Waals surface area contributed by atoms with Crippen molar-refractivity contribution in [3.05, 3.63) is 106 Å². The van der Waals surface area contributed by atoms with Gasteiger partial charge < -0.3 is 19.9 Å². The molecule has 4 aromatic rings. The molecule has 0 unspecified atom stereocenters. The van der Waals surface area contributed by atoms with Crippen molar-refractivity contribution in [3.63, 3.8) is 0 Å². The van der Waals surface area contributed by atoms with Crippen LogP contribution >= 0.6 is 0 Å². The molecule has 0 saturated carbocycles. The molecule has 1 heterocycles. The standard InChI is InChI=1S/C26H24FN3O3/c1-17-7-10-19-14-20(25(31)28-23(19)13-17)16-30(15-18-8-11-21(27)12-9-18)26(32)29-22-5-3-4-6-24(22)33-2/h3-14H,15-16H2,1-2H3,(H,28,31)(H,29,32). The molecular formula is C26H24FN3O3. The number of hydrogen-bond donors (Lipinski definition) is 2. The molecule has 3 aromatic carbocycles. The molecule has 0 aliphatic heterocycles. The summed E-state index contributed by atoms with van der Waals surface area (Å²) in [5.74, 6) is 0.163. The van der Waals surface area contributed by atoms with Crippen molar-refractivity contribution in [2.75, 3.05) is 12.4 Å². The Morgan fingerprint density at radius 1 is 1.03 bits per heavy atom. The summed E-state index contributed by atoms with van der Waals surface area (Å²) in [5.41, 5.74) is 3.22. The molecule has 1 aromatic heterocycles. The van der Waals surface area contributed by atoms with E-state index in [2.05, 4.69) is 10.3 Å². The summed E-state index contributed by atoms with van der Waals surface area (Å²) in [4.78, 5) is 30.4. The van der Waals surface area contributed by atoms with Gasteiger partial charge in [0.05, 0.1) is 19.3 Å². The molecular weight excluding hydrogens is 421 g/mol. The van der Waals surface area contributed by atoms with Crippen molar-refractivity contribution < 1.29 is 13.9 Å². The summed E-state index contributed by atoms with van der Waals surface area (Å²) in [6, 6.07) is 20.2. The molecule has 0 fully saturated rings. The second-order valence-electron chi connectivity index (χ2n) is 7.83. The van der Waals surface area contributed by atoms with E-state index in [9.17, 15) is 14.0 Å². The molecule has 168 valence electrons. The maximum atomic E-state index is 13.4. The number of benzene rings is 3. The van der Waals surface area contributed by atoms with Gasteiger partial charge in [0.25, 0.3) is 5.56 Å². The molecule has 6 nitrogen and oxygen atoms in total. The Bertz CT molecular complexity index is 1350. The predicted octanol–water partition coefficient (Wildman–Crippen LogP) is 5.22.